The van der Waals surface area contributed by atoms with Crippen LogP contribution in [-0.4, -0.2) is 48.1 Å². The van der Waals surface area contributed by atoms with E-state index in [-0.39, 0.29) is 30.0 Å². The first-order valence-electron chi connectivity index (χ1n) is 13.2. The van der Waals surface area contributed by atoms with E-state index in [1.54, 1.807) is 6.20 Å². The molecular weight excluding hydrogens is 465 g/mol. The Hall–Kier alpha value is -3.25. The van der Waals surface area contributed by atoms with E-state index in [1.165, 1.54) is 11.1 Å². The number of ether oxygens (including phenoxy) is 1. The van der Waals surface area contributed by atoms with Crippen molar-refractivity contribution in [2.45, 2.75) is 52.2 Å². The smallest absolute Gasteiger partial charge is 0.251 e. The normalized spacial score (nSPS) is 15.8. The highest BCUT2D eigenvalue weighted by atomic mass is 19.1. The zero-order valence-corrected chi connectivity index (χ0v) is 22.1. The van der Waals surface area contributed by atoms with Crippen LogP contribution in [0.15, 0.2) is 72.9 Å². The Bertz CT molecular complexity index is 1120. The summed E-state index contributed by atoms with van der Waals surface area (Å²) in [6.07, 6.45) is 3.49. The van der Waals surface area contributed by atoms with Crippen LogP contribution >= 0.6 is 0 Å². The van der Waals surface area contributed by atoms with Crippen LogP contribution in [-0.2, 0) is 6.61 Å². The van der Waals surface area contributed by atoms with Gasteiger partial charge in [0.2, 0.25) is 0 Å². The highest BCUT2D eigenvalue weighted by molar-refractivity contribution is 5.94. The lowest BCUT2D eigenvalue weighted by molar-refractivity contribution is 0.0909. The molecule has 0 spiro atoms. The third kappa shape index (κ3) is 7.39. The first kappa shape index (κ1) is 26.8. The number of amides is 1. The SMILES string of the molecule is CC(C)(C)C(c1ccc(OCc2ccccn2)cc1)c1ccc(C(=O)NC2CCN(CCF)CC2)cc1. The van der Waals surface area contributed by atoms with Crippen molar-refractivity contribution in [2.75, 3.05) is 26.3 Å². The Morgan fingerprint density at radius 3 is 2.24 bits per heavy atom. The summed E-state index contributed by atoms with van der Waals surface area (Å²) in [7, 11) is 0. The molecule has 0 saturated carbocycles. The lowest BCUT2D eigenvalue weighted by Gasteiger charge is -2.32. The number of likely N-dealkylation sites (tertiary alicyclic amines) is 1. The van der Waals surface area contributed by atoms with Crippen molar-refractivity contribution < 1.29 is 13.9 Å². The maximum atomic E-state index is 12.9. The van der Waals surface area contributed by atoms with Gasteiger partial charge in [0.1, 0.15) is 19.0 Å². The minimum absolute atomic E-state index is 0.0202. The first-order valence-corrected chi connectivity index (χ1v) is 13.2. The summed E-state index contributed by atoms with van der Waals surface area (Å²) in [6, 6.07) is 22.2. The summed E-state index contributed by atoms with van der Waals surface area (Å²) in [5.74, 6) is 0.927. The molecule has 37 heavy (non-hydrogen) atoms. The quantitative estimate of drug-likeness (QED) is 0.389. The average molecular weight is 504 g/mol. The van der Waals surface area contributed by atoms with Gasteiger partial charge in [-0.15, -0.1) is 0 Å². The van der Waals surface area contributed by atoms with Crippen LogP contribution in [0.2, 0.25) is 0 Å². The van der Waals surface area contributed by atoms with E-state index in [2.05, 4.69) is 60.2 Å². The first-order chi connectivity index (χ1) is 17.8. The highest BCUT2D eigenvalue weighted by Gasteiger charge is 2.28. The molecule has 1 saturated heterocycles. The van der Waals surface area contributed by atoms with Gasteiger partial charge in [0, 0.05) is 43.4 Å². The molecule has 0 radical (unpaired) electrons. The number of carbonyl (C=O) groups is 1. The van der Waals surface area contributed by atoms with E-state index in [0.717, 1.165) is 37.4 Å². The van der Waals surface area contributed by atoms with Crippen molar-refractivity contribution in [3.63, 3.8) is 0 Å². The molecule has 5 nitrogen and oxygen atoms in total. The van der Waals surface area contributed by atoms with Gasteiger partial charge >= 0.3 is 0 Å². The molecule has 3 aromatic rings. The Morgan fingerprint density at radius 1 is 1.03 bits per heavy atom. The van der Waals surface area contributed by atoms with Gasteiger partial charge in [-0.1, -0.05) is 51.1 Å². The lowest BCUT2D eigenvalue weighted by atomic mass is 9.72. The standard InChI is InChI=1S/C31H38FN3O2/c1-31(2,3)29(24-11-13-28(14-12-24)37-22-27-6-4-5-18-33-27)23-7-9-25(10-8-23)30(36)34-26-15-19-35(20-16-26)21-17-32/h4-14,18,26,29H,15-17,19-22H2,1-3H3,(H,34,36). The summed E-state index contributed by atoms with van der Waals surface area (Å²) in [6.45, 7) is 8.96. The van der Waals surface area contributed by atoms with Crippen molar-refractivity contribution in [1.29, 1.82) is 0 Å². The minimum Gasteiger partial charge on any atom is -0.487 e. The number of rotatable bonds is 9. The van der Waals surface area contributed by atoms with E-state index in [1.807, 2.05) is 42.5 Å². The van der Waals surface area contributed by atoms with E-state index >= 15 is 0 Å². The predicted molar refractivity (Wildman–Crippen MR) is 146 cm³/mol. The van der Waals surface area contributed by atoms with Crippen LogP contribution in [0, 0.1) is 5.41 Å². The van der Waals surface area contributed by atoms with Gasteiger partial charge < -0.3 is 15.0 Å². The molecule has 1 amide bonds. The predicted octanol–water partition coefficient (Wildman–Crippen LogP) is 6.00. The second kappa shape index (κ2) is 12.3. The second-order valence-electron chi connectivity index (χ2n) is 10.9. The van der Waals surface area contributed by atoms with Gasteiger partial charge in [-0.05, 0) is 65.8 Å². The molecular formula is C31H38FN3O2. The molecule has 1 fully saturated rings. The topological polar surface area (TPSA) is 54.5 Å². The molecule has 6 heteroatoms. The molecule has 1 aromatic heterocycles. The average Bonchev–Trinajstić information content (AvgIpc) is 2.90. The zero-order valence-electron chi connectivity index (χ0n) is 22.1. The van der Waals surface area contributed by atoms with Crippen molar-refractivity contribution in [3.05, 3.63) is 95.3 Å². The molecule has 2 heterocycles. The fraction of sp³-hybridized carbons (Fsp3) is 0.419. The van der Waals surface area contributed by atoms with Crippen LogP contribution in [0.5, 0.6) is 5.75 Å². The Kier molecular flexibility index (Phi) is 8.93. The van der Waals surface area contributed by atoms with Gasteiger partial charge in [-0.25, -0.2) is 4.39 Å². The summed E-state index contributed by atoms with van der Waals surface area (Å²) in [4.78, 5) is 19.3. The number of nitrogens with one attached hydrogen (secondary N) is 1. The zero-order chi connectivity index (χ0) is 26.3. The fourth-order valence-corrected chi connectivity index (χ4v) is 5.11. The second-order valence-corrected chi connectivity index (χ2v) is 10.9. The van der Waals surface area contributed by atoms with Gasteiger partial charge in [0.05, 0.1) is 5.69 Å². The Morgan fingerprint density at radius 2 is 1.68 bits per heavy atom. The number of nitrogens with zero attached hydrogens (tertiary/aromatic N) is 2. The molecule has 1 atom stereocenters. The van der Waals surface area contributed by atoms with Gasteiger partial charge in [-0.2, -0.15) is 0 Å². The van der Waals surface area contributed by atoms with Crippen LogP contribution in [0.25, 0.3) is 0 Å². The molecule has 1 unspecified atom stereocenters. The molecule has 1 N–H and O–H groups in total. The third-order valence-electron chi connectivity index (χ3n) is 7.02. The van der Waals surface area contributed by atoms with Gasteiger partial charge in [0.25, 0.3) is 5.91 Å². The van der Waals surface area contributed by atoms with Crippen LogP contribution in [0.4, 0.5) is 4.39 Å². The van der Waals surface area contributed by atoms with Crippen LogP contribution in [0.1, 0.15) is 66.7 Å². The third-order valence-corrected chi connectivity index (χ3v) is 7.02. The number of benzene rings is 2. The molecule has 1 aliphatic heterocycles. The molecule has 1 aliphatic rings. The van der Waals surface area contributed by atoms with Crippen molar-refractivity contribution >= 4 is 5.91 Å². The largest absolute Gasteiger partial charge is 0.487 e. The van der Waals surface area contributed by atoms with Crippen molar-refractivity contribution in [3.8, 4) is 5.75 Å². The number of halogens is 1. The minimum atomic E-state index is -0.317. The molecule has 0 aliphatic carbocycles. The number of carbonyl (C=O) groups excluding carboxylic acids is 1. The number of piperidine rings is 1. The highest BCUT2D eigenvalue weighted by Crippen LogP contribution is 2.41. The number of aromatic nitrogens is 1. The summed E-state index contributed by atoms with van der Waals surface area (Å²) < 4.78 is 18.5. The summed E-state index contributed by atoms with van der Waals surface area (Å²) in [5, 5.41) is 3.16. The van der Waals surface area contributed by atoms with Crippen LogP contribution < -0.4 is 10.1 Å². The van der Waals surface area contributed by atoms with Gasteiger partial charge in [0.15, 0.2) is 0 Å². The van der Waals surface area contributed by atoms with E-state index in [0.29, 0.717) is 18.7 Å². The summed E-state index contributed by atoms with van der Waals surface area (Å²) in [5.41, 5.74) is 3.92. The monoisotopic (exact) mass is 503 g/mol. The fourth-order valence-electron chi connectivity index (χ4n) is 5.11. The number of hydrogen-bond acceptors (Lipinski definition) is 4. The maximum absolute atomic E-state index is 12.9. The van der Waals surface area contributed by atoms with Gasteiger partial charge in [-0.3, -0.25) is 9.78 Å². The summed E-state index contributed by atoms with van der Waals surface area (Å²) >= 11 is 0. The number of alkyl halides is 1. The Balaban J connectivity index is 1.40. The van der Waals surface area contributed by atoms with Crippen LogP contribution in [0.3, 0.4) is 0 Å². The molecule has 2 aromatic carbocycles. The van der Waals surface area contributed by atoms with E-state index in [4.69, 9.17) is 4.74 Å². The van der Waals surface area contributed by atoms with E-state index < -0.39 is 0 Å². The molecule has 196 valence electrons. The van der Waals surface area contributed by atoms with E-state index in [9.17, 15) is 9.18 Å². The lowest BCUT2D eigenvalue weighted by Crippen LogP contribution is -2.45. The number of pyridine rings is 1. The Labute approximate surface area is 220 Å². The maximum Gasteiger partial charge on any atom is 0.251 e. The molecule has 4 rings (SSSR count). The van der Waals surface area contributed by atoms with Crippen molar-refractivity contribution in [1.82, 2.24) is 15.2 Å². The number of hydrogen-bond donors (Lipinski definition) is 1. The molecule has 0 bridgehead atoms. The van der Waals surface area contributed by atoms with Crippen molar-refractivity contribution in [2.24, 2.45) is 5.41 Å².